The molecule has 0 amide bonds. The van der Waals surface area contributed by atoms with Gasteiger partial charge in [-0.05, 0) is 54.8 Å². The number of aliphatic hydroxyl groups is 3. The van der Waals surface area contributed by atoms with Crippen molar-refractivity contribution >= 4 is 26.7 Å². The van der Waals surface area contributed by atoms with E-state index >= 15 is 0 Å². The molecular weight excluding hydrogens is 467 g/mol. The fourth-order valence-electron chi connectivity index (χ4n) is 3.29. The molecule has 2 aromatic carbocycles. The Morgan fingerprint density at radius 3 is 2.06 bits per heavy atom. The fourth-order valence-corrected chi connectivity index (χ4v) is 3.93. The van der Waals surface area contributed by atoms with Gasteiger partial charge in [-0.25, -0.2) is 12.8 Å². The third-order valence-corrected chi connectivity index (χ3v) is 6.52. The molecule has 3 rings (SSSR count). The van der Waals surface area contributed by atoms with Crippen LogP contribution in [0.2, 0.25) is 0 Å². The number of nitrogens with zero attached hydrogens (tertiary/aromatic N) is 1. The Labute approximate surface area is 196 Å². The van der Waals surface area contributed by atoms with Gasteiger partial charge in [0, 0.05) is 22.9 Å². The van der Waals surface area contributed by atoms with Gasteiger partial charge in [0.15, 0.2) is 9.84 Å². The number of aliphatic carboxylic acids is 1. The zero-order valence-electron chi connectivity index (χ0n) is 18.9. The molecule has 0 aliphatic rings. The second-order valence-electron chi connectivity index (χ2n) is 8.13. The van der Waals surface area contributed by atoms with Crippen molar-refractivity contribution in [3.05, 3.63) is 65.1 Å². The van der Waals surface area contributed by atoms with E-state index in [1.54, 1.807) is 29.7 Å². The zero-order valence-corrected chi connectivity index (χ0v) is 19.7. The average Bonchev–Trinajstić information content (AvgIpc) is 3.03. The first-order valence-corrected chi connectivity index (χ1v) is 12.1. The number of carboxylic acid groups (broad SMARTS) is 1. The van der Waals surface area contributed by atoms with Crippen LogP contribution in [0.3, 0.4) is 0 Å². The lowest BCUT2D eigenvalue weighted by molar-refractivity contribution is -0.137. The molecule has 0 fully saturated rings. The van der Waals surface area contributed by atoms with Crippen LogP contribution in [0.4, 0.5) is 4.39 Å². The Morgan fingerprint density at radius 2 is 1.62 bits per heavy atom. The molecule has 1 aromatic heterocycles. The number of benzene rings is 2. The van der Waals surface area contributed by atoms with Gasteiger partial charge in [-0.15, -0.1) is 0 Å². The molecule has 9 nitrogen and oxygen atoms in total. The lowest BCUT2D eigenvalue weighted by atomic mass is 10.0. The van der Waals surface area contributed by atoms with Gasteiger partial charge in [0.05, 0.1) is 30.3 Å². The predicted octanol–water partition coefficient (Wildman–Crippen LogP) is 0.829. The molecule has 0 bridgehead atoms. The van der Waals surface area contributed by atoms with Gasteiger partial charge < -0.3 is 30.7 Å². The summed E-state index contributed by atoms with van der Waals surface area (Å²) in [5.41, 5.74) is 7.04. The van der Waals surface area contributed by atoms with Gasteiger partial charge in [-0.2, -0.15) is 0 Å². The molecule has 1 heterocycles. The van der Waals surface area contributed by atoms with E-state index in [4.69, 9.17) is 26.2 Å². The average molecular weight is 497 g/mol. The zero-order chi connectivity index (χ0) is 25.7. The van der Waals surface area contributed by atoms with Crippen molar-refractivity contribution in [1.29, 1.82) is 0 Å². The molecule has 11 heteroatoms. The van der Waals surface area contributed by atoms with Crippen molar-refractivity contribution in [3.8, 4) is 0 Å². The number of aromatic nitrogens is 1. The molecule has 0 unspecified atom stereocenters. The smallest absolute Gasteiger partial charge is 0.323 e. The molecule has 34 heavy (non-hydrogen) atoms. The first kappa shape index (κ1) is 27.4. The highest BCUT2D eigenvalue weighted by Gasteiger charge is 2.21. The summed E-state index contributed by atoms with van der Waals surface area (Å²) in [6.45, 7) is 0.391. The van der Waals surface area contributed by atoms with Gasteiger partial charge >= 0.3 is 5.97 Å². The van der Waals surface area contributed by atoms with E-state index in [9.17, 15) is 17.6 Å². The number of halogens is 1. The van der Waals surface area contributed by atoms with E-state index in [0.717, 1.165) is 23.1 Å². The number of rotatable bonds is 8. The molecule has 0 spiro atoms. The summed E-state index contributed by atoms with van der Waals surface area (Å²) in [5, 5.41) is 34.8. The third-order valence-electron chi connectivity index (χ3n) is 5.39. The summed E-state index contributed by atoms with van der Waals surface area (Å²) in [5.74, 6) is -1.36. The van der Waals surface area contributed by atoms with Crippen molar-refractivity contribution in [2.24, 2.45) is 5.73 Å². The number of sulfone groups is 1. The van der Waals surface area contributed by atoms with E-state index in [1.807, 2.05) is 0 Å². The Hall–Kier alpha value is -2.83. The summed E-state index contributed by atoms with van der Waals surface area (Å²) >= 11 is 0. The van der Waals surface area contributed by atoms with Crippen LogP contribution in [0.15, 0.2) is 47.4 Å². The number of nitrogens with two attached hydrogens (primary N) is 1. The highest BCUT2D eigenvalue weighted by molar-refractivity contribution is 7.90. The van der Waals surface area contributed by atoms with Crippen molar-refractivity contribution in [2.75, 3.05) is 26.1 Å². The molecule has 0 saturated carbocycles. The van der Waals surface area contributed by atoms with Gasteiger partial charge in [-0.1, -0.05) is 12.1 Å². The van der Waals surface area contributed by atoms with Crippen molar-refractivity contribution in [3.63, 3.8) is 0 Å². The highest BCUT2D eigenvalue weighted by atomic mass is 32.2. The minimum Gasteiger partial charge on any atom is -0.480 e. The van der Waals surface area contributed by atoms with Crippen LogP contribution >= 0.6 is 0 Å². The van der Waals surface area contributed by atoms with Crippen LogP contribution in [0.5, 0.6) is 0 Å². The maximum absolute atomic E-state index is 13.8. The minimum atomic E-state index is -3.27. The molecule has 0 saturated heterocycles. The molecular formula is C23H29FN2O7S. The van der Waals surface area contributed by atoms with E-state index in [0.29, 0.717) is 17.3 Å². The number of carbonyl (C=O) groups is 1. The number of hydrogen-bond acceptors (Lipinski definition) is 7. The highest BCUT2D eigenvalue weighted by Crippen LogP contribution is 2.29. The normalized spacial score (nSPS) is 11.9. The van der Waals surface area contributed by atoms with Gasteiger partial charge in [0.25, 0.3) is 0 Å². The lowest BCUT2D eigenvalue weighted by Crippen LogP contribution is -2.50. The molecule has 0 radical (unpaired) electrons. The van der Waals surface area contributed by atoms with Crippen molar-refractivity contribution in [2.45, 2.75) is 30.3 Å². The Morgan fingerprint density at radius 1 is 1.06 bits per heavy atom. The van der Waals surface area contributed by atoms with E-state index < -0.39 is 47.0 Å². The fraction of sp³-hybridized carbons (Fsp3) is 0.348. The van der Waals surface area contributed by atoms with Crippen LogP contribution in [-0.4, -0.2) is 71.0 Å². The summed E-state index contributed by atoms with van der Waals surface area (Å²) in [6.07, 6.45) is 1.59. The molecule has 0 aliphatic heterocycles. The Bertz CT molecular complexity index is 1240. The van der Waals surface area contributed by atoms with Crippen molar-refractivity contribution in [1.82, 2.24) is 4.57 Å². The van der Waals surface area contributed by atoms with Crippen molar-refractivity contribution < 1.29 is 38.0 Å². The monoisotopic (exact) mass is 496 g/mol. The number of carboxylic acids is 1. The van der Waals surface area contributed by atoms with Crippen LogP contribution in [0.25, 0.3) is 10.9 Å². The SMILES string of the molecule is Cc1c(Cc2ccc(S(C)(=O)=O)cc2)c2cc(F)ccc2n1CC(=O)O.NC(CO)(CO)CO. The molecule has 0 aliphatic carbocycles. The van der Waals surface area contributed by atoms with E-state index in [1.165, 1.54) is 24.3 Å². The molecule has 6 N–H and O–H groups in total. The Balaban J connectivity index is 0.000000440. The summed E-state index contributed by atoms with van der Waals surface area (Å²) in [4.78, 5) is 11.4. The summed E-state index contributed by atoms with van der Waals surface area (Å²) < 4.78 is 38.5. The number of hydrogen-bond donors (Lipinski definition) is 5. The molecule has 3 aromatic rings. The van der Waals surface area contributed by atoms with E-state index in [2.05, 4.69) is 0 Å². The maximum atomic E-state index is 13.8. The largest absolute Gasteiger partial charge is 0.480 e. The lowest BCUT2D eigenvalue weighted by Gasteiger charge is -2.20. The maximum Gasteiger partial charge on any atom is 0.323 e. The second kappa shape index (κ2) is 11.1. The third kappa shape index (κ3) is 6.61. The van der Waals surface area contributed by atoms with Crippen LogP contribution in [0, 0.1) is 12.7 Å². The number of fused-ring (bicyclic) bond motifs is 1. The first-order valence-electron chi connectivity index (χ1n) is 10.2. The van der Waals surface area contributed by atoms with Gasteiger partial charge in [0.2, 0.25) is 0 Å². The minimum absolute atomic E-state index is 0.207. The van der Waals surface area contributed by atoms with Gasteiger partial charge in [-0.3, -0.25) is 4.79 Å². The van der Waals surface area contributed by atoms with Crippen LogP contribution in [0.1, 0.15) is 16.8 Å². The van der Waals surface area contributed by atoms with Crippen LogP contribution < -0.4 is 5.73 Å². The first-order chi connectivity index (χ1) is 15.8. The van der Waals surface area contributed by atoms with E-state index in [-0.39, 0.29) is 11.4 Å². The summed E-state index contributed by atoms with van der Waals surface area (Å²) in [7, 11) is -3.27. The molecule has 0 atom stereocenters. The predicted molar refractivity (Wildman–Crippen MR) is 125 cm³/mol. The number of aliphatic hydroxyl groups excluding tert-OH is 3. The summed E-state index contributed by atoms with van der Waals surface area (Å²) in [6, 6.07) is 10.8. The van der Waals surface area contributed by atoms with Gasteiger partial charge in [0.1, 0.15) is 12.4 Å². The quantitative estimate of drug-likeness (QED) is 0.306. The molecule has 186 valence electrons. The second-order valence-corrected chi connectivity index (χ2v) is 10.2. The van der Waals surface area contributed by atoms with Crippen LogP contribution in [-0.2, 0) is 27.6 Å². The topological polar surface area (TPSA) is 163 Å². The Kier molecular flexibility index (Phi) is 8.92. The standard InChI is InChI=1S/C19H18FNO4S.C4H11NO3/c1-12-16(9-13-3-6-15(7-4-13)26(2,24)25)17-10-14(20)5-8-18(17)21(12)11-19(22)23;5-4(1-6,2-7)3-8/h3-8,10H,9,11H2,1-2H3,(H,22,23);6-8H,1-3,5H2.